The number of rotatable bonds is 2. The second kappa shape index (κ2) is 6.69. The lowest BCUT2D eigenvalue weighted by Gasteiger charge is -2.03. The molecule has 0 amide bonds. The highest BCUT2D eigenvalue weighted by atomic mass is 35.5. The molecule has 0 fully saturated rings. The van der Waals surface area contributed by atoms with Crippen molar-refractivity contribution in [2.24, 2.45) is 10.2 Å². The summed E-state index contributed by atoms with van der Waals surface area (Å²) in [5.41, 5.74) is 0.728. The molecule has 0 spiro atoms. The number of azo groups is 1. The Morgan fingerprint density at radius 3 is 1.20 bits per heavy atom. The Balaban J connectivity index is 2.40. The van der Waals surface area contributed by atoms with Crippen LogP contribution >= 0.6 is 69.6 Å². The first-order valence-electron chi connectivity index (χ1n) is 5.10. The molecule has 104 valence electrons. The third-order valence-electron chi connectivity index (χ3n) is 2.30. The molecule has 0 saturated heterocycles. The molecule has 2 rings (SSSR count). The zero-order valence-corrected chi connectivity index (χ0v) is 14.0. The van der Waals surface area contributed by atoms with E-state index in [9.17, 15) is 0 Å². The van der Waals surface area contributed by atoms with Crippen molar-refractivity contribution < 1.29 is 0 Å². The molecule has 0 bridgehead atoms. The van der Waals surface area contributed by atoms with Gasteiger partial charge in [0, 0.05) is 0 Å². The minimum atomic E-state index is 0.207. The fourth-order valence-corrected chi connectivity index (χ4v) is 2.43. The molecule has 0 saturated carbocycles. The van der Waals surface area contributed by atoms with Crippen LogP contribution in [0, 0.1) is 0 Å². The van der Waals surface area contributed by atoms with Crippen LogP contribution in [0.4, 0.5) is 11.4 Å². The summed E-state index contributed by atoms with van der Waals surface area (Å²) in [5.74, 6) is 0. The zero-order valence-electron chi connectivity index (χ0n) is 9.47. The molecule has 2 aromatic rings. The second-order valence-electron chi connectivity index (χ2n) is 3.59. The van der Waals surface area contributed by atoms with Gasteiger partial charge in [-0.15, -0.1) is 10.2 Å². The van der Waals surface area contributed by atoms with Gasteiger partial charge in [-0.1, -0.05) is 69.6 Å². The first-order chi connectivity index (χ1) is 9.41. The van der Waals surface area contributed by atoms with Crippen molar-refractivity contribution in [3.8, 4) is 0 Å². The minimum Gasteiger partial charge on any atom is -0.149 e. The number of hydrogen-bond donors (Lipinski definition) is 0. The zero-order chi connectivity index (χ0) is 14.9. The fourth-order valence-electron chi connectivity index (χ4n) is 1.29. The van der Waals surface area contributed by atoms with Gasteiger partial charge in [0.05, 0.1) is 30.1 Å². The van der Waals surface area contributed by atoms with Gasteiger partial charge in [0.1, 0.15) is 11.4 Å². The maximum absolute atomic E-state index is 6.01. The molecule has 0 atom stereocenters. The van der Waals surface area contributed by atoms with Crippen molar-refractivity contribution in [2.45, 2.75) is 0 Å². The van der Waals surface area contributed by atoms with E-state index >= 15 is 0 Å². The maximum atomic E-state index is 6.01. The predicted octanol–water partition coefficient (Wildman–Crippen LogP) is 8.02. The Hall–Kier alpha value is -0.220. The summed E-state index contributed by atoms with van der Waals surface area (Å²) in [6.07, 6.45) is 0. The number of benzene rings is 2. The first kappa shape index (κ1) is 16.2. The SMILES string of the molecule is Clc1ccc(N=Nc2ccc(Cl)c(Cl)c2Cl)c(Cl)c1Cl. The molecule has 2 nitrogen and oxygen atoms in total. The van der Waals surface area contributed by atoms with E-state index in [1.807, 2.05) is 0 Å². The largest absolute Gasteiger partial charge is 0.149 e. The van der Waals surface area contributed by atoms with Gasteiger partial charge in [-0.2, -0.15) is 0 Å². The third kappa shape index (κ3) is 3.33. The molecule has 8 heteroatoms. The van der Waals surface area contributed by atoms with Crippen LogP contribution in [0.5, 0.6) is 0 Å². The second-order valence-corrected chi connectivity index (χ2v) is 5.92. The summed E-state index contributed by atoms with van der Waals surface area (Å²) in [4.78, 5) is 0. The van der Waals surface area contributed by atoms with Gasteiger partial charge in [0.2, 0.25) is 0 Å². The lowest BCUT2D eigenvalue weighted by atomic mass is 10.3. The third-order valence-corrected chi connectivity index (χ3v) is 4.86. The Kier molecular flexibility index (Phi) is 5.41. The van der Waals surface area contributed by atoms with Crippen molar-refractivity contribution in [1.82, 2.24) is 0 Å². The molecule has 0 aliphatic rings. The lowest BCUT2D eigenvalue weighted by molar-refractivity contribution is 1.23. The minimum absolute atomic E-state index is 0.207. The molecule has 2 aromatic carbocycles. The molecule has 0 aliphatic heterocycles. The van der Waals surface area contributed by atoms with Gasteiger partial charge < -0.3 is 0 Å². The van der Waals surface area contributed by atoms with E-state index in [2.05, 4.69) is 10.2 Å². The molecule has 0 aromatic heterocycles. The van der Waals surface area contributed by atoms with Crippen LogP contribution < -0.4 is 0 Å². The van der Waals surface area contributed by atoms with E-state index in [4.69, 9.17) is 69.6 Å². The predicted molar refractivity (Wildman–Crippen MR) is 87.1 cm³/mol. The van der Waals surface area contributed by atoms with Crippen LogP contribution in [0.15, 0.2) is 34.5 Å². The highest BCUT2D eigenvalue weighted by molar-refractivity contribution is 6.49. The first-order valence-corrected chi connectivity index (χ1v) is 7.37. The van der Waals surface area contributed by atoms with E-state index in [1.54, 1.807) is 24.3 Å². The molecule has 0 aliphatic carbocycles. The normalized spacial score (nSPS) is 11.3. The van der Waals surface area contributed by atoms with E-state index in [-0.39, 0.29) is 20.1 Å². The molecular weight excluding hydrogens is 385 g/mol. The standard InChI is InChI=1S/C12H4Cl6N2/c13-5-1-3-7(11(17)9(5)15)19-20-8-4-2-6(14)10(16)12(8)18/h1-4H. The smallest absolute Gasteiger partial charge is 0.106 e. The topological polar surface area (TPSA) is 24.7 Å². The van der Waals surface area contributed by atoms with Crippen LogP contribution in [-0.2, 0) is 0 Å². The number of nitrogens with zero attached hydrogens (tertiary/aromatic N) is 2. The van der Waals surface area contributed by atoms with Crippen molar-refractivity contribution in [3.63, 3.8) is 0 Å². The molecule has 0 unspecified atom stereocenters. The van der Waals surface area contributed by atoms with Crippen LogP contribution in [0.1, 0.15) is 0 Å². The van der Waals surface area contributed by atoms with E-state index in [1.165, 1.54) is 0 Å². The Morgan fingerprint density at radius 1 is 0.500 bits per heavy atom. The molecule has 20 heavy (non-hydrogen) atoms. The summed E-state index contributed by atoms with van der Waals surface area (Å²) >= 11 is 35.5. The summed E-state index contributed by atoms with van der Waals surface area (Å²) < 4.78 is 0. The van der Waals surface area contributed by atoms with Crippen molar-refractivity contribution in [2.75, 3.05) is 0 Å². The van der Waals surface area contributed by atoms with Gasteiger partial charge in [-0.25, -0.2) is 0 Å². The van der Waals surface area contributed by atoms with Gasteiger partial charge in [0.15, 0.2) is 0 Å². The summed E-state index contributed by atoms with van der Waals surface area (Å²) in [5, 5.41) is 9.46. The maximum Gasteiger partial charge on any atom is 0.106 e. The van der Waals surface area contributed by atoms with E-state index < -0.39 is 0 Å². The van der Waals surface area contributed by atoms with Gasteiger partial charge in [-0.05, 0) is 24.3 Å². The number of halogens is 6. The molecular formula is C12H4Cl6N2. The van der Waals surface area contributed by atoms with Gasteiger partial charge in [-0.3, -0.25) is 0 Å². The molecule has 0 heterocycles. The molecule has 0 N–H and O–H groups in total. The van der Waals surface area contributed by atoms with E-state index in [0.29, 0.717) is 21.4 Å². The Morgan fingerprint density at radius 2 is 0.850 bits per heavy atom. The van der Waals surface area contributed by atoms with Gasteiger partial charge >= 0.3 is 0 Å². The Labute approximate surface area is 145 Å². The van der Waals surface area contributed by atoms with E-state index in [0.717, 1.165) is 0 Å². The van der Waals surface area contributed by atoms with Crippen LogP contribution in [0.3, 0.4) is 0 Å². The van der Waals surface area contributed by atoms with Crippen molar-refractivity contribution >= 4 is 81.0 Å². The van der Waals surface area contributed by atoms with Crippen LogP contribution in [-0.4, -0.2) is 0 Å². The number of hydrogen-bond acceptors (Lipinski definition) is 2. The molecule has 0 radical (unpaired) electrons. The summed E-state index contributed by atoms with van der Waals surface area (Å²) in [6.45, 7) is 0. The lowest BCUT2D eigenvalue weighted by Crippen LogP contribution is -1.75. The average molecular weight is 389 g/mol. The van der Waals surface area contributed by atoms with Crippen LogP contribution in [0.2, 0.25) is 30.1 Å². The highest BCUT2D eigenvalue weighted by Gasteiger charge is 2.10. The Bertz CT molecular complexity index is 639. The average Bonchev–Trinajstić information content (AvgIpc) is 2.43. The fraction of sp³-hybridized carbons (Fsp3) is 0. The highest BCUT2D eigenvalue weighted by Crippen LogP contribution is 2.40. The summed E-state index contributed by atoms with van der Waals surface area (Å²) in [7, 11) is 0. The van der Waals surface area contributed by atoms with Crippen molar-refractivity contribution in [3.05, 3.63) is 54.4 Å². The quantitative estimate of drug-likeness (QED) is 0.367. The van der Waals surface area contributed by atoms with Crippen molar-refractivity contribution in [1.29, 1.82) is 0 Å². The van der Waals surface area contributed by atoms with Crippen LogP contribution in [0.25, 0.3) is 0 Å². The van der Waals surface area contributed by atoms with Gasteiger partial charge in [0.25, 0.3) is 0 Å². The monoisotopic (exact) mass is 386 g/mol. The summed E-state index contributed by atoms with van der Waals surface area (Å²) in [6, 6.07) is 6.32.